The molecule has 10 heteroatoms. The molecule has 0 aromatic carbocycles. The fourth-order valence-corrected chi connectivity index (χ4v) is 2.18. The van der Waals surface area contributed by atoms with Crippen LogP contribution in [0.3, 0.4) is 0 Å². The molecule has 186 valence electrons. The van der Waals surface area contributed by atoms with Gasteiger partial charge in [0.15, 0.2) is 11.6 Å². The topological polar surface area (TPSA) is 126 Å². The molecule has 32 heavy (non-hydrogen) atoms. The summed E-state index contributed by atoms with van der Waals surface area (Å²) in [5.41, 5.74) is 0. The van der Waals surface area contributed by atoms with Crippen LogP contribution in [0.5, 0.6) is 0 Å². The number of ketones is 3. The Labute approximate surface area is 190 Å². The number of ether oxygens (including phenoxy) is 5. The normalized spacial score (nSPS) is 10.8. The molecule has 0 fully saturated rings. The Morgan fingerprint density at radius 3 is 1.69 bits per heavy atom. The molecule has 0 spiro atoms. The first-order valence-corrected chi connectivity index (χ1v) is 11.2. The average Bonchev–Trinajstić information content (AvgIpc) is 2.79. The highest BCUT2D eigenvalue weighted by atomic mass is 16.5. The fourth-order valence-electron chi connectivity index (χ4n) is 2.18. The van der Waals surface area contributed by atoms with Gasteiger partial charge in [0.05, 0.1) is 39.6 Å². The Bertz CT molecular complexity index is 480. The highest BCUT2D eigenvalue weighted by molar-refractivity contribution is 5.79. The molecule has 0 saturated heterocycles. The highest BCUT2D eigenvalue weighted by Gasteiger charge is 2.05. The van der Waals surface area contributed by atoms with Crippen LogP contribution >= 0.6 is 0 Å². The number of hydrogen-bond acceptors (Lipinski definition) is 9. The van der Waals surface area contributed by atoms with Crippen molar-refractivity contribution in [2.75, 3.05) is 72.6 Å². The molecule has 1 amide bonds. The Hall–Kier alpha value is -1.72. The van der Waals surface area contributed by atoms with Gasteiger partial charge in [0.1, 0.15) is 25.6 Å². The third kappa shape index (κ3) is 21.5. The maximum Gasteiger partial charge on any atom is 0.246 e. The first-order valence-electron chi connectivity index (χ1n) is 11.2. The number of carbonyl (C=O) groups excluding carboxylic acids is 4. The predicted molar refractivity (Wildman–Crippen MR) is 117 cm³/mol. The van der Waals surface area contributed by atoms with Crippen molar-refractivity contribution in [3.8, 4) is 0 Å². The molecule has 0 unspecified atom stereocenters. The van der Waals surface area contributed by atoms with Crippen LogP contribution in [0.1, 0.15) is 46.0 Å². The summed E-state index contributed by atoms with van der Waals surface area (Å²) in [6.45, 7) is 6.42. The SMILES string of the molecule is CCC(=O)COCCOCCCC(=O)CCOCC(=O)NCCOCCOCC(=O)CC. The molecule has 1 N–H and O–H groups in total. The lowest BCUT2D eigenvalue weighted by Gasteiger charge is -2.08. The van der Waals surface area contributed by atoms with Crippen molar-refractivity contribution in [2.24, 2.45) is 0 Å². The van der Waals surface area contributed by atoms with Crippen molar-refractivity contribution in [1.29, 1.82) is 0 Å². The largest absolute Gasteiger partial charge is 0.379 e. The summed E-state index contributed by atoms with van der Waals surface area (Å²) in [7, 11) is 0. The minimum Gasteiger partial charge on any atom is -0.379 e. The second-order valence-corrected chi connectivity index (χ2v) is 6.91. The lowest BCUT2D eigenvalue weighted by molar-refractivity contribution is -0.128. The molecule has 0 saturated carbocycles. The third-order valence-corrected chi connectivity index (χ3v) is 4.13. The number of hydrogen-bond donors (Lipinski definition) is 1. The van der Waals surface area contributed by atoms with Crippen molar-refractivity contribution >= 4 is 23.3 Å². The van der Waals surface area contributed by atoms with Crippen LogP contribution in [0, 0.1) is 0 Å². The van der Waals surface area contributed by atoms with Gasteiger partial charge in [-0.05, 0) is 6.42 Å². The van der Waals surface area contributed by atoms with Gasteiger partial charge in [-0.3, -0.25) is 19.2 Å². The van der Waals surface area contributed by atoms with Gasteiger partial charge in [-0.1, -0.05) is 13.8 Å². The summed E-state index contributed by atoms with van der Waals surface area (Å²) < 4.78 is 26.1. The molecule has 0 heterocycles. The average molecular weight is 462 g/mol. The van der Waals surface area contributed by atoms with Crippen molar-refractivity contribution in [3.05, 3.63) is 0 Å². The van der Waals surface area contributed by atoms with Gasteiger partial charge in [-0.15, -0.1) is 0 Å². The fraction of sp³-hybridized carbons (Fsp3) is 0.818. The molecular formula is C22H39NO9. The van der Waals surface area contributed by atoms with E-state index in [1.807, 2.05) is 0 Å². The van der Waals surface area contributed by atoms with Crippen LogP contribution in [0.15, 0.2) is 0 Å². The van der Waals surface area contributed by atoms with E-state index in [2.05, 4.69) is 5.32 Å². The van der Waals surface area contributed by atoms with E-state index in [0.717, 1.165) is 0 Å². The second kappa shape index (κ2) is 22.5. The van der Waals surface area contributed by atoms with Crippen LogP contribution in [-0.2, 0) is 42.9 Å². The van der Waals surface area contributed by atoms with Crippen LogP contribution in [0.2, 0.25) is 0 Å². The van der Waals surface area contributed by atoms with E-state index in [-0.39, 0.29) is 56.1 Å². The molecule has 0 aromatic heterocycles. The molecule has 10 nitrogen and oxygen atoms in total. The molecule has 0 aliphatic carbocycles. The standard InChI is InChI=1S/C22H39NO9/c1-3-19(24)16-31-14-12-28-9-5-6-21(26)7-10-30-18-22(27)23-8-11-29-13-15-32-17-20(25)4-2/h3-18H2,1-2H3,(H,23,27). The van der Waals surface area contributed by atoms with E-state index in [9.17, 15) is 19.2 Å². The van der Waals surface area contributed by atoms with Crippen molar-refractivity contribution in [1.82, 2.24) is 5.32 Å². The number of Topliss-reactive ketones (excluding diaryl/α,β-unsaturated/α-hetero) is 3. The summed E-state index contributed by atoms with van der Waals surface area (Å²) in [4.78, 5) is 45.4. The first kappa shape index (κ1) is 30.3. The van der Waals surface area contributed by atoms with Crippen LogP contribution in [-0.4, -0.2) is 95.9 Å². The van der Waals surface area contributed by atoms with Gasteiger partial charge >= 0.3 is 0 Å². The minimum atomic E-state index is -0.276. The van der Waals surface area contributed by atoms with E-state index in [4.69, 9.17) is 23.7 Å². The number of carbonyl (C=O) groups is 4. The third-order valence-electron chi connectivity index (χ3n) is 4.13. The highest BCUT2D eigenvalue weighted by Crippen LogP contribution is 1.97. The molecule has 0 aliphatic rings. The van der Waals surface area contributed by atoms with E-state index < -0.39 is 0 Å². The van der Waals surface area contributed by atoms with Crippen LogP contribution < -0.4 is 5.32 Å². The number of nitrogens with one attached hydrogen (secondary N) is 1. The first-order chi connectivity index (χ1) is 15.5. The number of amides is 1. The van der Waals surface area contributed by atoms with Crippen molar-refractivity contribution in [3.63, 3.8) is 0 Å². The summed E-state index contributed by atoms with van der Waals surface area (Å²) in [6.07, 6.45) is 2.16. The molecule has 0 radical (unpaired) electrons. The monoisotopic (exact) mass is 461 g/mol. The summed E-state index contributed by atoms with van der Waals surface area (Å²) in [5.74, 6) is -0.117. The molecule has 0 bridgehead atoms. The lowest BCUT2D eigenvalue weighted by atomic mass is 10.2. The maximum absolute atomic E-state index is 11.8. The molecule has 0 rings (SSSR count). The summed E-state index contributed by atoms with van der Waals surface area (Å²) >= 11 is 0. The predicted octanol–water partition coefficient (Wildman–Crippen LogP) is 0.883. The van der Waals surface area contributed by atoms with Gasteiger partial charge in [0.2, 0.25) is 5.91 Å². The van der Waals surface area contributed by atoms with E-state index in [1.165, 1.54) is 0 Å². The van der Waals surface area contributed by atoms with E-state index in [1.54, 1.807) is 13.8 Å². The number of rotatable bonds is 24. The minimum absolute atomic E-state index is 0.0486. The van der Waals surface area contributed by atoms with Gasteiger partial charge in [-0.2, -0.15) is 0 Å². The van der Waals surface area contributed by atoms with Crippen molar-refractivity contribution in [2.45, 2.75) is 46.0 Å². The van der Waals surface area contributed by atoms with Gasteiger partial charge in [0.25, 0.3) is 0 Å². The maximum atomic E-state index is 11.8. The summed E-state index contributed by atoms with van der Waals surface area (Å²) in [5, 5.41) is 2.65. The zero-order chi connectivity index (χ0) is 23.9. The molecule has 0 aromatic rings. The molecule has 0 aliphatic heterocycles. The second-order valence-electron chi connectivity index (χ2n) is 6.91. The zero-order valence-electron chi connectivity index (χ0n) is 19.5. The molecular weight excluding hydrogens is 422 g/mol. The van der Waals surface area contributed by atoms with E-state index in [0.29, 0.717) is 71.9 Å². The van der Waals surface area contributed by atoms with Gasteiger partial charge in [-0.25, -0.2) is 0 Å². The van der Waals surface area contributed by atoms with Crippen LogP contribution in [0.4, 0.5) is 0 Å². The Balaban J connectivity index is 3.37. The van der Waals surface area contributed by atoms with Crippen molar-refractivity contribution < 1.29 is 42.9 Å². The zero-order valence-corrected chi connectivity index (χ0v) is 19.5. The quantitative estimate of drug-likeness (QED) is 0.208. The van der Waals surface area contributed by atoms with Crippen LogP contribution in [0.25, 0.3) is 0 Å². The lowest BCUT2D eigenvalue weighted by Crippen LogP contribution is -2.31. The van der Waals surface area contributed by atoms with Gasteiger partial charge in [0, 0.05) is 38.8 Å². The van der Waals surface area contributed by atoms with E-state index >= 15 is 0 Å². The molecule has 0 atom stereocenters. The Kier molecular flexibility index (Phi) is 21.3. The Morgan fingerprint density at radius 2 is 1.09 bits per heavy atom. The van der Waals surface area contributed by atoms with Gasteiger partial charge < -0.3 is 29.0 Å². The smallest absolute Gasteiger partial charge is 0.246 e. The Morgan fingerprint density at radius 1 is 0.562 bits per heavy atom. The summed E-state index contributed by atoms with van der Waals surface area (Å²) in [6, 6.07) is 0.